The molecule has 0 aromatic heterocycles. The molecule has 0 aliphatic rings. The fourth-order valence-corrected chi connectivity index (χ4v) is 4.79. The fraction of sp³-hybridized carbons (Fsp3) is 0.561. The van der Waals surface area contributed by atoms with Crippen LogP contribution in [0, 0.1) is 0 Å². The van der Waals surface area contributed by atoms with E-state index in [2.05, 4.69) is 73.1 Å². The number of hydrogen-bond donors (Lipinski definition) is 2. The van der Waals surface area contributed by atoms with Gasteiger partial charge in [0.05, 0.1) is 6.61 Å². The Bertz CT molecular complexity index is 1120. The second kappa shape index (κ2) is 35.8. The van der Waals surface area contributed by atoms with Crippen molar-refractivity contribution in [2.75, 3.05) is 13.2 Å². The van der Waals surface area contributed by atoms with E-state index in [4.69, 9.17) is 19.3 Å². The van der Waals surface area contributed by atoms with Crippen molar-refractivity contribution in [1.82, 2.24) is 0 Å². The molecule has 0 saturated heterocycles. The van der Waals surface area contributed by atoms with Crippen LogP contribution in [0.25, 0.3) is 0 Å². The Morgan fingerprint density at radius 2 is 1.06 bits per heavy atom. The van der Waals surface area contributed by atoms with Gasteiger partial charge in [-0.2, -0.15) is 0 Å². The molecule has 0 aromatic carbocycles. The molecule has 0 aliphatic carbocycles. The highest BCUT2D eigenvalue weighted by molar-refractivity contribution is 7.46. The van der Waals surface area contributed by atoms with Crippen molar-refractivity contribution in [3.63, 3.8) is 0 Å². The molecule has 0 amide bonds. The van der Waals surface area contributed by atoms with E-state index in [1.807, 2.05) is 42.5 Å². The summed E-state index contributed by atoms with van der Waals surface area (Å²) in [5.74, 6) is -0.990. The largest absolute Gasteiger partial charge is 0.469 e. The zero-order chi connectivity index (χ0) is 36.8. The van der Waals surface area contributed by atoms with Crippen LogP contribution in [-0.2, 0) is 28.2 Å². The fourth-order valence-electron chi connectivity index (χ4n) is 4.43. The van der Waals surface area contributed by atoms with Gasteiger partial charge >= 0.3 is 19.8 Å². The molecule has 0 unspecified atom stereocenters. The zero-order valence-corrected chi connectivity index (χ0v) is 31.6. The quantitative estimate of drug-likeness (QED) is 0.0232. The number of ether oxygens (including phenoxy) is 2. The lowest BCUT2D eigenvalue weighted by Crippen LogP contribution is -2.29. The molecule has 50 heavy (non-hydrogen) atoms. The van der Waals surface area contributed by atoms with Crippen molar-refractivity contribution >= 4 is 19.8 Å². The average molecular weight is 717 g/mol. The van der Waals surface area contributed by atoms with Crippen LogP contribution in [0.4, 0.5) is 0 Å². The Hall–Kier alpha value is -3.03. The predicted molar refractivity (Wildman–Crippen MR) is 206 cm³/mol. The molecule has 2 N–H and O–H groups in total. The van der Waals surface area contributed by atoms with Gasteiger partial charge in [-0.05, 0) is 70.6 Å². The van der Waals surface area contributed by atoms with Crippen molar-refractivity contribution in [1.29, 1.82) is 0 Å². The van der Waals surface area contributed by atoms with Crippen molar-refractivity contribution < 1.29 is 37.9 Å². The van der Waals surface area contributed by atoms with Gasteiger partial charge in [0, 0.05) is 12.8 Å². The molecule has 0 aliphatic heterocycles. The lowest BCUT2D eigenvalue weighted by Gasteiger charge is -2.18. The molecule has 8 nitrogen and oxygen atoms in total. The number of hydrogen-bond acceptors (Lipinski definition) is 6. The van der Waals surface area contributed by atoms with Crippen LogP contribution >= 0.6 is 7.82 Å². The van der Waals surface area contributed by atoms with Crippen molar-refractivity contribution in [3.8, 4) is 0 Å². The maximum atomic E-state index is 12.3. The Morgan fingerprint density at radius 1 is 0.560 bits per heavy atom. The number of phosphoric ester groups is 1. The van der Waals surface area contributed by atoms with E-state index in [0.29, 0.717) is 12.8 Å². The van der Waals surface area contributed by atoms with Crippen molar-refractivity contribution in [2.45, 2.75) is 136 Å². The number of esters is 2. The first-order chi connectivity index (χ1) is 24.3. The highest BCUT2D eigenvalue weighted by Crippen LogP contribution is 2.35. The van der Waals surface area contributed by atoms with Gasteiger partial charge in [-0.25, -0.2) is 4.57 Å². The summed E-state index contributed by atoms with van der Waals surface area (Å²) in [5.41, 5.74) is 0. The number of carbonyl (C=O) groups excluding carboxylic acids is 2. The topological polar surface area (TPSA) is 119 Å². The maximum absolute atomic E-state index is 12.3. The van der Waals surface area contributed by atoms with Crippen LogP contribution in [-0.4, -0.2) is 41.0 Å². The summed E-state index contributed by atoms with van der Waals surface area (Å²) in [5, 5.41) is 0. The van der Waals surface area contributed by atoms with Gasteiger partial charge in [0.25, 0.3) is 0 Å². The minimum Gasteiger partial charge on any atom is -0.462 e. The molecule has 1 atom stereocenters. The molecule has 0 spiro atoms. The Labute approximate surface area is 303 Å². The minimum atomic E-state index is -4.78. The van der Waals surface area contributed by atoms with Crippen LogP contribution in [0.5, 0.6) is 0 Å². The third-order valence-corrected chi connectivity index (χ3v) is 7.67. The van der Waals surface area contributed by atoms with Gasteiger partial charge in [-0.3, -0.25) is 14.1 Å². The number of allylic oxidation sites excluding steroid dienone is 16. The number of carbonyl (C=O) groups is 2. The highest BCUT2D eigenvalue weighted by atomic mass is 31.2. The summed E-state index contributed by atoms with van der Waals surface area (Å²) in [6.07, 6.45) is 48.4. The van der Waals surface area contributed by atoms with Crippen LogP contribution in [0.3, 0.4) is 0 Å². The maximum Gasteiger partial charge on any atom is 0.469 e. The van der Waals surface area contributed by atoms with Crippen LogP contribution in [0.15, 0.2) is 97.2 Å². The van der Waals surface area contributed by atoms with Gasteiger partial charge in [0.1, 0.15) is 6.61 Å². The van der Waals surface area contributed by atoms with Gasteiger partial charge in [-0.15, -0.1) is 0 Å². The second-order valence-corrected chi connectivity index (χ2v) is 13.1. The molecular weight excluding hydrogens is 651 g/mol. The molecule has 0 heterocycles. The van der Waals surface area contributed by atoms with E-state index in [9.17, 15) is 14.2 Å². The number of rotatable bonds is 32. The smallest absolute Gasteiger partial charge is 0.462 e. The van der Waals surface area contributed by atoms with Crippen LogP contribution in [0.2, 0.25) is 0 Å². The minimum absolute atomic E-state index is 0.168. The molecule has 0 bridgehead atoms. The highest BCUT2D eigenvalue weighted by Gasteiger charge is 2.22. The van der Waals surface area contributed by atoms with Gasteiger partial charge in [0.2, 0.25) is 0 Å². The normalized spacial score (nSPS) is 13.6. The van der Waals surface area contributed by atoms with Crippen LogP contribution < -0.4 is 0 Å². The summed E-state index contributed by atoms with van der Waals surface area (Å²) < 4.78 is 26.2. The predicted octanol–water partition coefficient (Wildman–Crippen LogP) is 11.1. The van der Waals surface area contributed by atoms with Crippen molar-refractivity contribution in [2.24, 2.45) is 0 Å². The Kier molecular flexibility index (Phi) is 33.6. The monoisotopic (exact) mass is 716 g/mol. The standard InChI is InChI=1S/C41H65O8P/c1-3-5-7-9-11-13-15-17-19-20-22-23-25-27-29-31-33-35-40(42)47-37-39(38-48-50(44,45)46)49-41(43)36-34-32-30-28-26-24-21-18-16-14-12-10-8-6-4-2/h6,8,10-14,16-19,21-23,27,29,39H,3-5,7,9,15,20,24-26,28,30-38H2,1-2H3,(H2,44,45,46)/b8-6+,12-10+,13-11+,16-14+,19-17+,21-18+,23-22+,29-27+/t39-/m1/s1. The van der Waals surface area contributed by atoms with E-state index < -0.39 is 32.5 Å². The summed E-state index contributed by atoms with van der Waals surface area (Å²) in [6, 6.07) is 0. The molecule has 0 saturated carbocycles. The van der Waals surface area contributed by atoms with E-state index in [1.165, 1.54) is 25.7 Å². The molecule has 0 rings (SSSR count). The summed E-state index contributed by atoms with van der Waals surface area (Å²) in [4.78, 5) is 42.7. The molecule has 0 radical (unpaired) electrons. The zero-order valence-electron chi connectivity index (χ0n) is 30.7. The van der Waals surface area contributed by atoms with Crippen molar-refractivity contribution in [3.05, 3.63) is 97.2 Å². The third-order valence-electron chi connectivity index (χ3n) is 7.18. The Morgan fingerprint density at radius 3 is 1.68 bits per heavy atom. The van der Waals surface area contributed by atoms with Gasteiger partial charge < -0.3 is 19.3 Å². The first-order valence-electron chi connectivity index (χ1n) is 18.6. The second-order valence-electron chi connectivity index (χ2n) is 11.9. The van der Waals surface area contributed by atoms with E-state index in [1.54, 1.807) is 0 Å². The summed E-state index contributed by atoms with van der Waals surface area (Å²) in [6.45, 7) is 3.42. The first-order valence-corrected chi connectivity index (χ1v) is 20.1. The number of unbranched alkanes of at least 4 members (excludes halogenated alkanes) is 9. The lowest BCUT2D eigenvalue weighted by molar-refractivity contribution is -0.161. The third kappa shape index (κ3) is 37.8. The van der Waals surface area contributed by atoms with Crippen LogP contribution in [0.1, 0.15) is 129 Å². The lowest BCUT2D eigenvalue weighted by atomic mass is 10.1. The molecule has 282 valence electrons. The molecule has 0 aromatic rings. The Balaban J connectivity index is 4.15. The number of phosphoric acid groups is 1. The molecular formula is C41H65O8P. The average Bonchev–Trinajstić information content (AvgIpc) is 3.08. The van der Waals surface area contributed by atoms with E-state index in [-0.39, 0.29) is 19.4 Å². The SMILES string of the molecule is CC/C=C/C=C/C=C/C=C/CCCCCCCC(=O)O[C@H](COC(=O)CCC/C=C/C/C=C/C/C=C/C/C=C/CCCCC)COP(=O)(O)O. The van der Waals surface area contributed by atoms with E-state index in [0.717, 1.165) is 64.2 Å². The van der Waals surface area contributed by atoms with Gasteiger partial charge in [-0.1, -0.05) is 143 Å². The summed E-state index contributed by atoms with van der Waals surface area (Å²) >= 11 is 0. The van der Waals surface area contributed by atoms with Gasteiger partial charge in [0.15, 0.2) is 6.10 Å². The summed E-state index contributed by atoms with van der Waals surface area (Å²) in [7, 11) is -4.78. The van der Waals surface area contributed by atoms with E-state index >= 15 is 0 Å². The first kappa shape index (κ1) is 47.0. The molecule has 0 fully saturated rings. The molecule has 9 heteroatoms.